The molecule has 4 N–H and O–H groups in total. The zero-order chi connectivity index (χ0) is 18.2. The van der Waals surface area contributed by atoms with Crippen molar-refractivity contribution in [1.82, 2.24) is 15.5 Å². The molecule has 25 heavy (non-hydrogen) atoms. The Morgan fingerprint density at radius 3 is 2.84 bits per heavy atom. The van der Waals surface area contributed by atoms with E-state index in [1.807, 2.05) is 24.8 Å². The van der Waals surface area contributed by atoms with Gasteiger partial charge in [-0.15, -0.1) is 0 Å². The van der Waals surface area contributed by atoms with Crippen LogP contribution in [0.2, 0.25) is 0 Å². The fourth-order valence-corrected chi connectivity index (χ4v) is 2.83. The molecule has 1 fully saturated rings. The van der Waals surface area contributed by atoms with Gasteiger partial charge < -0.3 is 21.3 Å². The molecular weight excluding hydrogens is 318 g/mol. The number of nitrogens with one attached hydrogen (secondary N) is 2. The Morgan fingerprint density at radius 2 is 2.16 bits per heavy atom. The van der Waals surface area contributed by atoms with Crippen molar-refractivity contribution in [2.24, 2.45) is 10.7 Å². The molecule has 1 saturated heterocycles. The number of nitrogens with two attached hydrogens (primary N) is 1. The van der Waals surface area contributed by atoms with Crippen molar-refractivity contribution in [2.45, 2.75) is 39.3 Å². The van der Waals surface area contributed by atoms with Crippen LogP contribution in [-0.2, 0) is 11.3 Å². The van der Waals surface area contributed by atoms with Crippen LogP contribution in [0.1, 0.15) is 42.6 Å². The summed E-state index contributed by atoms with van der Waals surface area (Å²) in [6.07, 6.45) is 1.45. The van der Waals surface area contributed by atoms with E-state index >= 15 is 0 Å². The number of hydrogen-bond donors (Lipinski definition) is 3. The summed E-state index contributed by atoms with van der Waals surface area (Å²) in [4.78, 5) is 29.5. The van der Waals surface area contributed by atoms with Gasteiger partial charge in [-0.1, -0.05) is 19.1 Å². The zero-order valence-corrected chi connectivity index (χ0v) is 14.9. The van der Waals surface area contributed by atoms with E-state index in [0.717, 1.165) is 25.1 Å². The first-order valence-corrected chi connectivity index (χ1v) is 8.74. The van der Waals surface area contributed by atoms with Gasteiger partial charge in [-0.3, -0.25) is 9.59 Å². The third-order valence-corrected chi connectivity index (χ3v) is 4.16. The number of primary amides is 1. The number of amides is 2. The molecule has 1 aromatic rings. The van der Waals surface area contributed by atoms with E-state index in [1.54, 1.807) is 18.2 Å². The standard InChI is InChI=1S/C18H27N5O2/c1-3-16(24)23-9-8-15(12-23)22-18(20-4-2)21-11-13-6-5-7-14(10-13)17(19)25/h5-7,10,15H,3-4,8-9,11-12H2,1-2H3,(H2,19,25)(H2,20,21,22). The van der Waals surface area contributed by atoms with Crippen molar-refractivity contribution in [1.29, 1.82) is 0 Å². The molecule has 2 amide bonds. The van der Waals surface area contributed by atoms with Gasteiger partial charge in [0.25, 0.3) is 0 Å². The monoisotopic (exact) mass is 345 g/mol. The summed E-state index contributed by atoms with van der Waals surface area (Å²) in [7, 11) is 0. The fourth-order valence-electron chi connectivity index (χ4n) is 2.83. The number of likely N-dealkylation sites (tertiary alicyclic amines) is 1. The minimum atomic E-state index is -0.442. The molecule has 0 saturated carbocycles. The number of hydrogen-bond acceptors (Lipinski definition) is 3. The van der Waals surface area contributed by atoms with Crippen molar-refractivity contribution in [3.05, 3.63) is 35.4 Å². The lowest BCUT2D eigenvalue weighted by Crippen LogP contribution is -2.45. The first-order chi connectivity index (χ1) is 12.0. The van der Waals surface area contributed by atoms with E-state index < -0.39 is 5.91 Å². The molecule has 2 rings (SSSR count). The van der Waals surface area contributed by atoms with E-state index in [4.69, 9.17) is 5.73 Å². The van der Waals surface area contributed by atoms with Crippen LogP contribution in [0.5, 0.6) is 0 Å². The minimum absolute atomic E-state index is 0.189. The van der Waals surface area contributed by atoms with Crippen LogP contribution in [0.15, 0.2) is 29.3 Å². The van der Waals surface area contributed by atoms with Crippen molar-refractivity contribution in [3.63, 3.8) is 0 Å². The smallest absolute Gasteiger partial charge is 0.248 e. The van der Waals surface area contributed by atoms with Crippen LogP contribution in [-0.4, -0.2) is 48.3 Å². The van der Waals surface area contributed by atoms with Gasteiger partial charge in [0.1, 0.15) is 0 Å². The Labute approximate surface area is 148 Å². The Morgan fingerprint density at radius 1 is 1.36 bits per heavy atom. The van der Waals surface area contributed by atoms with Crippen molar-refractivity contribution >= 4 is 17.8 Å². The van der Waals surface area contributed by atoms with Gasteiger partial charge in [-0.05, 0) is 31.0 Å². The molecule has 1 heterocycles. The highest BCUT2D eigenvalue weighted by atomic mass is 16.2. The average Bonchev–Trinajstić information content (AvgIpc) is 3.08. The van der Waals surface area contributed by atoms with Crippen molar-refractivity contribution in [2.75, 3.05) is 19.6 Å². The number of benzene rings is 1. The molecule has 1 aromatic carbocycles. The van der Waals surface area contributed by atoms with E-state index in [9.17, 15) is 9.59 Å². The van der Waals surface area contributed by atoms with Crippen molar-refractivity contribution in [3.8, 4) is 0 Å². The highest BCUT2D eigenvalue weighted by Gasteiger charge is 2.25. The number of carbonyl (C=O) groups excluding carboxylic acids is 2. The first kappa shape index (κ1) is 18.8. The summed E-state index contributed by atoms with van der Waals surface area (Å²) < 4.78 is 0. The van der Waals surface area contributed by atoms with E-state index in [0.29, 0.717) is 31.0 Å². The lowest BCUT2D eigenvalue weighted by molar-refractivity contribution is -0.129. The second-order valence-corrected chi connectivity index (χ2v) is 6.08. The molecular formula is C18H27N5O2. The van der Waals surface area contributed by atoms with Gasteiger partial charge in [0.2, 0.25) is 11.8 Å². The SMILES string of the molecule is CCNC(=NCc1cccc(C(N)=O)c1)NC1CCN(C(=O)CC)C1. The Hall–Kier alpha value is -2.57. The topological polar surface area (TPSA) is 99.8 Å². The summed E-state index contributed by atoms with van der Waals surface area (Å²) in [5.74, 6) is 0.458. The maximum absolute atomic E-state index is 11.8. The van der Waals surface area contributed by atoms with Crippen LogP contribution in [0.4, 0.5) is 0 Å². The zero-order valence-electron chi connectivity index (χ0n) is 14.9. The van der Waals surface area contributed by atoms with Gasteiger partial charge in [0, 0.05) is 37.7 Å². The average molecular weight is 345 g/mol. The lowest BCUT2D eigenvalue weighted by Gasteiger charge is -2.18. The van der Waals surface area contributed by atoms with E-state index in [-0.39, 0.29) is 11.9 Å². The molecule has 1 aliphatic heterocycles. The van der Waals surface area contributed by atoms with Gasteiger partial charge >= 0.3 is 0 Å². The quantitative estimate of drug-likeness (QED) is 0.526. The largest absolute Gasteiger partial charge is 0.366 e. The van der Waals surface area contributed by atoms with Crippen LogP contribution in [0.3, 0.4) is 0 Å². The Balaban J connectivity index is 1.98. The number of nitrogens with zero attached hydrogens (tertiary/aromatic N) is 2. The molecule has 0 radical (unpaired) electrons. The fraction of sp³-hybridized carbons (Fsp3) is 0.500. The van der Waals surface area contributed by atoms with Gasteiger partial charge in [0.15, 0.2) is 5.96 Å². The predicted octanol–water partition coefficient (Wildman–Crippen LogP) is 0.852. The van der Waals surface area contributed by atoms with E-state index in [1.165, 1.54) is 0 Å². The second-order valence-electron chi connectivity index (χ2n) is 6.08. The molecule has 136 valence electrons. The van der Waals surface area contributed by atoms with Gasteiger partial charge in [0.05, 0.1) is 6.54 Å². The third kappa shape index (κ3) is 5.48. The maximum atomic E-state index is 11.8. The summed E-state index contributed by atoms with van der Waals surface area (Å²) >= 11 is 0. The molecule has 7 heteroatoms. The molecule has 0 bridgehead atoms. The summed E-state index contributed by atoms with van der Waals surface area (Å²) in [6, 6.07) is 7.36. The Kier molecular flexibility index (Phi) is 6.80. The van der Waals surface area contributed by atoms with Crippen LogP contribution in [0.25, 0.3) is 0 Å². The molecule has 0 spiro atoms. The second kappa shape index (κ2) is 9.05. The number of guanidine groups is 1. The van der Waals surface area contributed by atoms with Gasteiger partial charge in [-0.25, -0.2) is 4.99 Å². The molecule has 0 aromatic heterocycles. The molecule has 7 nitrogen and oxygen atoms in total. The highest BCUT2D eigenvalue weighted by Crippen LogP contribution is 2.11. The van der Waals surface area contributed by atoms with Crippen LogP contribution in [0, 0.1) is 0 Å². The number of carbonyl (C=O) groups is 2. The summed E-state index contributed by atoms with van der Waals surface area (Å²) in [6.45, 7) is 6.57. The highest BCUT2D eigenvalue weighted by molar-refractivity contribution is 5.92. The summed E-state index contributed by atoms with van der Waals surface area (Å²) in [5.41, 5.74) is 6.71. The lowest BCUT2D eigenvalue weighted by atomic mass is 10.1. The predicted molar refractivity (Wildman–Crippen MR) is 98.2 cm³/mol. The van der Waals surface area contributed by atoms with Crippen LogP contribution >= 0.6 is 0 Å². The number of aliphatic imine (C=N–C) groups is 1. The molecule has 1 aliphatic rings. The Bertz CT molecular complexity index is 644. The van der Waals surface area contributed by atoms with Gasteiger partial charge in [-0.2, -0.15) is 0 Å². The maximum Gasteiger partial charge on any atom is 0.248 e. The van der Waals surface area contributed by atoms with E-state index in [2.05, 4.69) is 15.6 Å². The molecule has 1 unspecified atom stereocenters. The third-order valence-electron chi connectivity index (χ3n) is 4.16. The number of rotatable bonds is 6. The van der Waals surface area contributed by atoms with Crippen molar-refractivity contribution < 1.29 is 9.59 Å². The minimum Gasteiger partial charge on any atom is -0.366 e. The normalized spacial score (nSPS) is 17.4. The first-order valence-electron chi connectivity index (χ1n) is 8.74. The molecule has 0 aliphatic carbocycles. The summed E-state index contributed by atoms with van der Waals surface area (Å²) in [5, 5.41) is 6.61. The molecule has 1 atom stereocenters. The van der Waals surface area contributed by atoms with Crippen LogP contribution < -0.4 is 16.4 Å².